The maximum absolute atomic E-state index is 13.5. The number of Topliss-reactive ketones (excluding diaryl/α,β-unsaturated/α-hetero) is 2. The highest BCUT2D eigenvalue weighted by Gasteiger charge is 2.53. The minimum Gasteiger partial charge on any atom is -0.293 e. The first-order chi connectivity index (χ1) is 12.1. The number of carbonyl (C=O) groups excluding carboxylic acids is 2. The van der Waals surface area contributed by atoms with E-state index in [4.69, 9.17) is 0 Å². The van der Waals surface area contributed by atoms with Crippen LogP contribution in [0.3, 0.4) is 0 Å². The zero-order valence-electron chi connectivity index (χ0n) is 14.8. The molecular formula is C23H22O2. The third-order valence-electron chi connectivity index (χ3n) is 5.98. The van der Waals surface area contributed by atoms with Gasteiger partial charge in [0.05, 0.1) is 0 Å². The standard InChI is InChI=1S/C23H22O2/c1-3-16-12-13-23(21(24)15(16)2)14-18-10-7-11-19(20(18)22(23)25)17-8-5-4-6-9-17/h4-11H,3,12-14H2,1-2H3. The molecule has 0 N–H and O–H groups in total. The fraction of sp³-hybridized carbons (Fsp3) is 0.304. The monoisotopic (exact) mass is 330 g/mol. The number of benzene rings is 2. The van der Waals surface area contributed by atoms with E-state index in [-0.39, 0.29) is 11.6 Å². The molecule has 2 aliphatic rings. The average molecular weight is 330 g/mol. The van der Waals surface area contributed by atoms with Crippen LogP contribution in [0, 0.1) is 5.41 Å². The van der Waals surface area contributed by atoms with E-state index in [0.717, 1.165) is 40.7 Å². The molecule has 0 saturated heterocycles. The Bertz CT molecular complexity index is 905. The molecule has 2 heteroatoms. The maximum atomic E-state index is 13.5. The largest absolute Gasteiger partial charge is 0.293 e. The zero-order chi connectivity index (χ0) is 17.6. The highest BCUT2D eigenvalue weighted by Crippen LogP contribution is 2.49. The Morgan fingerprint density at radius 2 is 1.72 bits per heavy atom. The molecule has 2 aromatic rings. The predicted molar refractivity (Wildman–Crippen MR) is 99.6 cm³/mol. The second-order valence-electron chi connectivity index (χ2n) is 7.20. The molecule has 0 saturated carbocycles. The predicted octanol–water partition coefficient (Wildman–Crippen LogP) is 5.17. The van der Waals surface area contributed by atoms with Crippen LogP contribution in [0.2, 0.25) is 0 Å². The first-order valence-corrected chi connectivity index (χ1v) is 9.04. The molecule has 0 bridgehead atoms. The van der Waals surface area contributed by atoms with Gasteiger partial charge in [-0.15, -0.1) is 0 Å². The maximum Gasteiger partial charge on any atom is 0.178 e. The van der Waals surface area contributed by atoms with E-state index < -0.39 is 5.41 Å². The fourth-order valence-electron chi connectivity index (χ4n) is 4.53. The summed E-state index contributed by atoms with van der Waals surface area (Å²) in [7, 11) is 0. The van der Waals surface area contributed by atoms with E-state index in [0.29, 0.717) is 12.8 Å². The first-order valence-electron chi connectivity index (χ1n) is 9.04. The molecule has 126 valence electrons. The number of carbonyl (C=O) groups is 2. The van der Waals surface area contributed by atoms with Crippen molar-refractivity contribution >= 4 is 11.6 Å². The van der Waals surface area contributed by atoms with Gasteiger partial charge in [0, 0.05) is 5.56 Å². The molecule has 0 aliphatic heterocycles. The van der Waals surface area contributed by atoms with Crippen LogP contribution >= 0.6 is 0 Å². The molecule has 0 aromatic heterocycles. The SMILES string of the molecule is CCC1=C(C)C(=O)C2(CC1)Cc1cccc(-c3ccccc3)c1C2=O. The highest BCUT2D eigenvalue weighted by molar-refractivity contribution is 6.24. The van der Waals surface area contributed by atoms with Crippen LogP contribution in [0.25, 0.3) is 11.1 Å². The summed E-state index contributed by atoms with van der Waals surface area (Å²) in [5, 5.41) is 0. The molecule has 0 radical (unpaired) electrons. The van der Waals surface area contributed by atoms with Gasteiger partial charge in [0.2, 0.25) is 0 Å². The Hall–Kier alpha value is -2.48. The Kier molecular flexibility index (Phi) is 3.72. The van der Waals surface area contributed by atoms with E-state index in [1.54, 1.807) is 0 Å². The van der Waals surface area contributed by atoms with Gasteiger partial charge < -0.3 is 0 Å². The number of hydrogen-bond acceptors (Lipinski definition) is 2. The van der Waals surface area contributed by atoms with Gasteiger partial charge in [0.25, 0.3) is 0 Å². The molecule has 4 rings (SSSR count). The molecule has 1 atom stereocenters. The quantitative estimate of drug-likeness (QED) is 0.712. The van der Waals surface area contributed by atoms with Crippen LogP contribution in [0.1, 0.15) is 49.0 Å². The van der Waals surface area contributed by atoms with Crippen LogP contribution in [-0.4, -0.2) is 11.6 Å². The van der Waals surface area contributed by atoms with Crippen LogP contribution in [0.5, 0.6) is 0 Å². The third kappa shape index (κ3) is 2.24. The van der Waals surface area contributed by atoms with E-state index in [1.807, 2.05) is 55.5 Å². The number of fused-ring (bicyclic) bond motifs is 1. The summed E-state index contributed by atoms with van der Waals surface area (Å²) in [6.45, 7) is 3.99. The summed E-state index contributed by atoms with van der Waals surface area (Å²) >= 11 is 0. The molecule has 0 heterocycles. The first kappa shape index (κ1) is 16.0. The van der Waals surface area contributed by atoms with Gasteiger partial charge in [0.15, 0.2) is 11.6 Å². The molecule has 25 heavy (non-hydrogen) atoms. The second kappa shape index (κ2) is 5.80. The summed E-state index contributed by atoms with van der Waals surface area (Å²) in [6.07, 6.45) is 2.95. The van der Waals surface area contributed by atoms with Gasteiger partial charge in [-0.3, -0.25) is 9.59 Å². The molecule has 2 aliphatic carbocycles. The van der Waals surface area contributed by atoms with Crippen LogP contribution < -0.4 is 0 Å². The molecule has 1 spiro atoms. The van der Waals surface area contributed by atoms with Crippen molar-refractivity contribution in [2.45, 2.75) is 39.5 Å². The summed E-state index contributed by atoms with van der Waals surface area (Å²) in [6, 6.07) is 16.0. The van der Waals surface area contributed by atoms with Crippen molar-refractivity contribution < 1.29 is 9.59 Å². The van der Waals surface area contributed by atoms with Crippen molar-refractivity contribution in [3.8, 4) is 11.1 Å². The lowest BCUT2D eigenvalue weighted by molar-refractivity contribution is -0.123. The topological polar surface area (TPSA) is 34.1 Å². The van der Waals surface area contributed by atoms with Crippen LogP contribution in [0.15, 0.2) is 59.7 Å². The number of hydrogen-bond donors (Lipinski definition) is 0. The van der Waals surface area contributed by atoms with Gasteiger partial charge >= 0.3 is 0 Å². The summed E-state index contributed by atoms with van der Waals surface area (Å²) in [5.74, 6) is 0.0808. The summed E-state index contributed by atoms with van der Waals surface area (Å²) in [4.78, 5) is 26.6. The highest BCUT2D eigenvalue weighted by atomic mass is 16.2. The number of ketones is 2. The summed E-state index contributed by atoms with van der Waals surface area (Å²) < 4.78 is 0. The number of allylic oxidation sites excluding steroid dienone is 2. The third-order valence-corrected chi connectivity index (χ3v) is 5.98. The van der Waals surface area contributed by atoms with Crippen LogP contribution in [-0.2, 0) is 11.2 Å². The molecule has 0 amide bonds. The minimum atomic E-state index is -0.865. The molecule has 2 aromatic carbocycles. The number of rotatable bonds is 2. The van der Waals surface area contributed by atoms with Crippen molar-refractivity contribution in [3.05, 3.63) is 70.8 Å². The Morgan fingerprint density at radius 3 is 2.44 bits per heavy atom. The smallest absolute Gasteiger partial charge is 0.178 e. The van der Waals surface area contributed by atoms with E-state index >= 15 is 0 Å². The molecule has 1 unspecified atom stereocenters. The van der Waals surface area contributed by atoms with Crippen molar-refractivity contribution in [2.24, 2.45) is 5.41 Å². The second-order valence-corrected chi connectivity index (χ2v) is 7.20. The van der Waals surface area contributed by atoms with E-state index in [2.05, 4.69) is 6.92 Å². The van der Waals surface area contributed by atoms with Crippen molar-refractivity contribution in [1.29, 1.82) is 0 Å². The van der Waals surface area contributed by atoms with Gasteiger partial charge in [-0.25, -0.2) is 0 Å². The molecular weight excluding hydrogens is 308 g/mol. The lowest BCUT2D eigenvalue weighted by Crippen LogP contribution is -2.40. The molecule has 2 nitrogen and oxygen atoms in total. The zero-order valence-corrected chi connectivity index (χ0v) is 14.8. The van der Waals surface area contributed by atoms with E-state index in [9.17, 15) is 9.59 Å². The average Bonchev–Trinajstić information content (AvgIpc) is 2.94. The van der Waals surface area contributed by atoms with E-state index in [1.165, 1.54) is 5.57 Å². The van der Waals surface area contributed by atoms with Gasteiger partial charge in [-0.2, -0.15) is 0 Å². The Balaban J connectivity index is 1.84. The normalized spacial score (nSPS) is 22.6. The Labute approximate surface area is 148 Å². The van der Waals surface area contributed by atoms with Crippen molar-refractivity contribution in [1.82, 2.24) is 0 Å². The minimum absolute atomic E-state index is 0.0291. The van der Waals surface area contributed by atoms with Crippen molar-refractivity contribution in [2.75, 3.05) is 0 Å². The fourth-order valence-corrected chi connectivity index (χ4v) is 4.53. The van der Waals surface area contributed by atoms with Gasteiger partial charge in [0.1, 0.15) is 5.41 Å². The van der Waals surface area contributed by atoms with Gasteiger partial charge in [-0.05, 0) is 54.9 Å². The lowest BCUT2D eigenvalue weighted by atomic mass is 9.68. The lowest BCUT2D eigenvalue weighted by Gasteiger charge is -2.32. The van der Waals surface area contributed by atoms with Crippen molar-refractivity contribution in [3.63, 3.8) is 0 Å². The Morgan fingerprint density at radius 1 is 0.960 bits per heavy atom. The summed E-state index contributed by atoms with van der Waals surface area (Å²) in [5.41, 5.74) is 4.93. The van der Waals surface area contributed by atoms with Crippen LogP contribution in [0.4, 0.5) is 0 Å². The molecule has 0 fully saturated rings. The van der Waals surface area contributed by atoms with Gasteiger partial charge in [-0.1, -0.05) is 61.0 Å².